The molecule has 0 heterocycles. The molecule has 0 aliphatic heterocycles. The predicted molar refractivity (Wildman–Crippen MR) is 68.1 cm³/mol. The first-order valence-electron chi connectivity index (χ1n) is 6.38. The average Bonchev–Trinajstić information content (AvgIpc) is 2.61. The van der Waals surface area contributed by atoms with Crippen LogP contribution in [0.25, 0.3) is 21.5 Å². The van der Waals surface area contributed by atoms with E-state index in [9.17, 15) is 43.3 Å². The van der Waals surface area contributed by atoms with Crippen LogP contribution in [0.4, 0.5) is 39.5 Å². The second-order valence-corrected chi connectivity index (χ2v) is 5.30. The summed E-state index contributed by atoms with van der Waals surface area (Å²) in [6.45, 7) is 0. The van der Waals surface area contributed by atoms with Gasteiger partial charge in [-0.25, -0.2) is 0 Å². The van der Waals surface area contributed by atoms with E-state index in [1.54, 1.807) is 0 Å². The van der Waals surface area contributed by atoms with Crippen LogP contribution in [0.3, 0.4) is 0 Å². The Morgan fingerprint density at radius 2 is 0.808 bits per heavy atom. The van der Waals surface area contributed by atoms with Gasteiger partial charge in [-0.15, -0.1) is 0 Å². The molecule has 0 spiro atoms. The molecule has 0 fully saturated rings. The molecule has 0 saturated heterocycles. The van der Waals surface area contributed by atoms with Crippen LogP contribution in [-0.2, 0) is 3.80 Å². The third-order valence-electron chi connectivity index (χ3n) is 3.59. The van der Waals surface area contributed by atoms with E-state index in [4.69, 9.17) is 0 Å². The SMILES string of the molecule is [O]=[Al][O]c1c(F)c(F)c(F)c2c(F)c3c(F)c(F)c(F)c(F)c3c(F)c12. The summed E-state index contributed by atoms with van der Waals surface area (Å²) >= 11 is -2.41. The molecule has 0 amide bonds. The summed E-state index contributed by atoms with van der Waals surface area (Å²) in [7, 11) is 0. The van der Waals surface area contributed by atoms with Crippen molar-refractivity contribution in [2.45, 2.75) is 0 Å². The molecule has 3 rings (SSSR count). The van der Waals surface area contributed by atoms with Crippen LogP contribution in [0, 0.1) is 52.4 Å². The first-order chi connectivity index (χ1) is 12.1. The zero-order valence-electron chi connectivity index (χ0n) is 11.8. The fourth-order valence-electron chi connectivity index (χ4n) is 2.51. The Kier molecular flexibility index (Phi) is 4.36. The summed E-state index contributed by atoms with van der Waals surface area (Å²) < 4.78 is 139. The Morgan fingerprint density at radius 3 is 1.23 bits per heavy atom. The van der Waals surface area contributed by atoms with Crippen LogP contribution in [0.15, 0.2) is 0 Å². The fourth-order valence-corrected chi connectivity index (χ4v) is 2.82. The first kappa shape index (κ1) is 18.5. The second-order valence-electron chi connectivity index (χ2n) is 4.87. The summed E-state index contributed by atoms with van der Waals surface area (Å²) in [6, 6.07) is 0. The molecular weight excluding hydrogens is 398 g/mol. The predicted octanol–water partition coefficient (Wildman–Crippen LogP) is 4.59. The molecule has 0 atom stereocenters. The van der Waals surface area contributed by atoms with E-state index >= 15 is 0 Å². The molecule has 134 valence electrons. The molecule has 3 aromatic carbocycles. The van der Waals surface area contributed by atoms with Crippen LogP contribution in [0.5, 0.6) is 5.75 Å². The second kappa shape index (κ2) is 6.14. The minimum atomic E-state index is -2.53. The van der Waals surface area contributed by atoms with Crippen LogP contribution in [0.1, 0.15) is 0 Å². The van der Waals surface area contributed by atoms with Crippen LogP contribution >= 0.6 is 0 Å². The van der Waals surface area contributed by atoms with Crippen LogP contribution in [0.2, 0.25) is 0 Å². The Bertz CT molecular complexity index is 1130. The van der Waals surface area contributed by atoms with Crippen molar-refractivity contribution in [1.29, 1.82) is 0 Å². The molecule has 0 radical (unpaired) electrons. The van der Waals surface area contributed by atoms with Gasteiger partial charge in [0.25, 0.3) is 0 Å². The summed E-state index contributed by atoms with van der Waals surface area (Å²) in [5, 5.41) is -7.06. The maximum absolute atomic E-state index is 14.6. The van der Waals surface area contributed by atoms with Crippen molar-refractivity contribution in [2.75, 3.05) is 0 Å². The number of benzene rings is 3. The molecule has 12 heteroatoms. The van der Waals surface area contributed by atoms with Crippen molar-refractivity contribution in [3.05, 3.63) is 52.4 Å². The van der Waals surface area contributed by atoms with Crippen molar-refractivity contribution in [3.63, 3.8) is 0 Å². The van der Waals surface area contributed by atoms with Gasteiger partial charge < -0.3 is 0 Å². The molecule has 3 aromatic rings. The Balaban J connectivity index is 2.79. The van der Waals surface area contributed by atoms with Crippen molar-refractivity contribution < 1.29 is 47.1 Å². The molecule has 0 N–H and O–H groups in total. The first-order valence-corrected chi connectivity index (χ1v) is 7.32. The summed E-state index contributed by atoms with van der Waals surface area (Å²) in [4.78, 5) is 0. The summed E-state index contributed by atoms with van der Waals surface area (Å²) in [6.07, 6.45) is 0. The molecule has 0 aliphatic carbocycles. The van der Waals surface area contributed by atoms with Gasteiger partial charge in [0, 0.05) is 0 Å². The molecule has 26 heavy (non-hydrogen) atoms. The van der Waals surface area contributed by atoms with Crippen LogP contribution in [-0.4, -0.2) is 15.5 Å². The number of hydrogen-bond acceptors (Lipinski definition) is 2. The number of rotatable bonds is 2. The Labute approximate surface area is 143 Å². The van der Waals surface area contributed by atoms with E-state index in [1.165, 1.54) is 0 Å². The van der Waals surface area contributed by atoms with Gasteiger partial charge in [-0.2, -0.15) is 0 Å². The quantitative estimate of drug-likeness (QED) is 0.208. The third kappa shape index (κ3) is 2.22. The molecule has 0 bridgehead atoms. The van der Waals surface area contributed by atoms with Crippen molar-refractivity contribution in [3.8, 4) is 5.75 Å². The standard InChI is InChI=1S/C14HF9O.Al.O/c15-5-1-2(8(18)11(21)10(20)7(1)17)6(16)4-3(5)9(19)12(22)13(23)14(4)24;;/h24H;;/q;+1;/p-1. The third-order valence-corrected chi connectivity index (χ3v) is 3.92. The van der Waals surface area contributed by atoms with Gasteiger partial charge in [0.1, 0.15) is 0 Å². The molecular formula is C14AlF9O2. The normalized spacial score (nSPS) is 11.3. The Hall–Kier alpha value is -2.32. The molecule has 0 aromatic heterocycles. The molecule has 0 aliphatic rings. The van der Waals surface area contributed by atoms with Crippen molar-refractivity contribution >= 4 is 37.0 Å². The van der Waals surface area contributed by atoms with Gasteiger partial charge in [-0.05, 0) is 0 Å². The van der Waals surface area contributed by atoms with Crippen molar-refractivity contribution in [2.24, 2.45) is 0 Å². The molecule has 0 unspecified atom stereocenters. The number of fused-ring (bicyclic) bond motifs is 2. The molecule has 0 saturated carbocycles. The van der Waals surface area contributed by atoms with Crippen LogP contribution < -0.4 is 3.79 Å². The van der Waals surface area contributed by atoms with E-state index in [2.05, 4.69) is 3.79 Å². The van der Waals surface area contributed by atoms with Gasteiger partial charge >= 0.3 is 142 Å². The van der Waals surface area contributed by atoms with E-state index in [1.807, 2.05) is 0 Å². The zero-order chi connectivity index (χ0) is 19.5. The van der Waals surface area contributed by atoms with Gasteiger partial charge in [0.05, 0.1) is 0 Å². The average molecular weight is 398 g/mol. The van der Waals surface area contributed by atoms with Crippen molar-refractivity contribution in [1.82, 2.24) is 0 Å². The van der Waals surface area contributed by atoms with Gasteiger partial charge in [0.15, 0.2) is 0 Å². The summed E-state index contributed by atoms with van der Waals surface area (Å²) in [5.74, 6) is -22.9. The number of halogens is 9. The molecule has 2 nitrogen and oxygen atoms in total. The van der Waals surface area contributed by atoms with E-state index in [0.717, 1.165) is 0 Å². The maximum atomic E-state index is 14.6. The summed E-state index contributed by atoms with van der Waals surface area (Å²) in [5.41, 5.74) is 0. The zero-order valence-corrected chi connectivity index (χ0v) is 13.0. The monoisotopic (exact) mass is 398 g/mol. The van der Waals surface area contributed by atoms with E-state index in [0.29, 0.717) is 0 Å². The van der Waals surface area contributed by atoms with Gasteiger partial charge in [0.2, 0.25) is 0 Å². The van der Waals surface area contributed by atoms with Gasteiger partial charge in [-0.3, -0.25) is 0 Å². The minimum absolute atomic E-state index is 1.60. The Morgan fingerprint density at radius 1 is 0.462 bits per heavy atom. The number of hydrogen-bond donors (Lipinski definition) is 0. The van der Waals surface area contributed by atoms with Gasteiger partial charge in [-0.1, -0.05) is 0 Å². The fraction of sp³-hybridized carbons (Fsp3) is 0. The van der Waals surface area contributed by atoms with E-state index < -0.39 is 95.1 Å². The van der Waals surface area contributed by atoms with E-state index in [-0.39, 0.29) is 0 Å². The topological polar surface area (TPSA) is 26.3 Å².